The first kappa shape index (κ1) is 20.9. The Morgan fingerprint density at radius 3 is 2.54 bits per heavy atom. The number of fused-ring (bicyclic) bond motifs is 1. The fourth-order valence-corrected chi connectivity index (χ4v) is 3.83. The van der Waals surface area contributed by atoms with Crippen LogP contribution in [0.2, 0.25) is 0 Å². The number of hydrogen-bond acceptors (Lipinski definition) is 4. The second kappa shape index (κ2) is 8.99. The summed E-state index contributed by atoms with van der Waals surface area (Å²) in [6.45, 7) is 1.96. The third-order valence-corrected chi connectivity index (χ3v) is 5.26. The molecular formula is C17H18Cl2F2N4S. The van der Waals surface area contributed by atoms with Gasteiger partial charge in [0.15, 0.2) is 5.65 Å². The van der Waals surface area contributed by atoms with Crippen LogP contribution in [0, 0.1) is 11.6 Å². The Morgan fingerprint density at radius 2 is 1.81 bits per heavy atom. The van der Waals surface area contributed by atoms with Crippen molar-refractivity contribution in [3.05, 3.63) is 54.0 Å². The lowest BCUT2D eigenvalue weighted by Crippen LogP contribution is -2.27. The summed E-state index contributed by atoms with van der Waals surface area (Å²) in [5.41, 5.74) is 0.785. The van der Waals surface area contributed by atoms with Crippen molar-refractivity contribution >= 4 is 42.2 Å². The fraction of sp³-hybridized carbons (Fsp3) is 0.294. The molecule has 26 heavy (non-hydrogen) atoms. The summed E-state index contributed by atoms with van der Waals surface area (Å²) in [5, 5.41) is 11.9. The van der Waals surface area contributed by atoms with E-state index in [2.05, 4.69) is 15.5 Å². The van der Waals surface area contributed by atoms with E-state index in [9.17, 15) is 8.78 Å². The van der Waals surface area contributed by atoms with Crippen LogP contribution in [0.25, 0.3) is 5.65 Å². The number of halogens is 4. The highest BCUT2D eigenvalue weighted by Crippen LogP contribution is 2.31. The van der Waals surface area contributed by atoms with Gasteiger partial charge >= 0.3 is 0 Å². The quantitative estimate of drug-likeness (QED) is 0.681. The standard InChI is InChI=1S/C17H16F2N4S.2ClH/c18-12-1-3-15(14(19)9-12)24-13-2-4-16-21-22-17(23(16)10-13)11-5-7-20-8-6-11;;/h1-4,9-11,20H,5-8H2;2*1H. The molecule has 0 aliphatic carbocycles. The Labute approximate surface area is 166 Å². The average Bonchev–Trinajstić information content (AvgIpc) is 3.01. The number of nitrogens with one attached hydrogen (secondary N) is 1. The summed E-state index contributed by atoms with van der Waals surface area (Å²) in [6.07, 6.45) is 4.00. The van der Waals surface area contributed by atoms with Gasteiger partial charge in [0.2, 0.25) is 0 Å². The Bertz CT molecular complexity index is 884. The van der Waals surface area contributed by atoms with E-state index in [1.807, 2.05) is 22.7 Å². The molecule has 1 aliphatic heterocycles. The lowest BCUT2D eigenvalue weighted by molar-refractivity contribution is 0.442. The molecule has 0 bridgehead atoms. The zero-order chi connectivity index (χ0) is 16.5. The number of pyridine rings is 1. The van der Waals surface area contributed by atoms with Gasteiger partial charge in [-0.2, -0.15) is 0 Å². The van der Waals surface area contributed by atoms with Crippen LogP contribution < -0.4 is 5.32 Å². The highest BCUT2D eigenvalue weighted by molar-refractivity contribution is 7.99. The van der Waals surface area contributed by atoms with Crippen LogP contribution in [0.15, 0.2) is 46.3 Å². The lowest BCUT2D eigenvalue weighted by atomic mass is 9.97. The van der Waals surface area contributed by atoms with E-state index in [4.69, 9.17) is 0 Å². The minimum atomic E-state index is -0.570. The molecule has 0 radical (unpaired) electrons. The number of aromatic nitrogens is 3. The Morgan fingerprint density at radius 1 is 1.04 bits per heavy atom. The summed E-state index contributed by atoms with van der Waals surface area (Å²) in [7, 11) is 0. The summed E-state index contributed by atoms with van der Waals surface area (Å²) < 4.78 is 28.9. The smallest absolute Gasteiger partial charge is 0.160 e. The van der Waals surface area contributed by atoms with E-state index in [-0.39, 0.29) is 24.8 Å². The normalized spacial score (nSPS) is 14.7. The molecule has 0 saturated carbocycles. The number of nitrogens with zero attached hydrogens (tertiary/aromatic N) is 3. The first-order valence-electron chi connectivity index (χ1n) is 7.89. The predicted octanol–water partition coefficient (Wildman–Crippen LogP) is 4.47. The van der Waals surface area contributed by atoms with E-state index in [0.717, 1.165) is 48.4 Å². The minimum absolute atomic E-state index is 0. The average molecular weight is 419 g/mol. The van der Waals surface area contributed by atoms with Crippen LogP contribution in [0.1, 0.15) is 24.6 Å². The van der Waals surface area contributed by atoms with Crippen molar-refractivity contribution in [3.63, 3.8) is 0 Å². The van der Waals surface area contributed by atoms with Crippen molar-refractivity contribution < 1.29 is 8.78 Å². The van der Waals surface area contributed by atoms with Crippen LogP contribution in [-0.2, 0) is 0 Å². The predicted molar refractivity (Wildman–Crippen MR) is 103 cm³/mol. The van der Waals surface area contributed by atoms with Gasteiger partial charge in [-0.1, -0.05) is 11.8 Å². The summed E-state index contributed by atoms with van der Waals surface area (Å²) in [4.78, 5) is 1.26. The molecule has 0 spiro atoms. The highest BCUT2D eigenvalue weighted by atomic mass is 35.5. The number of rotatable bonds is 3. The molecule has 1 N–H and O–H groups in total. The van der Waals surface area contributed by atoms with Crippen molar-refractivity contribution in [1.29, 1.82) is 0 Å². The van der Waals surface area contributed by atoms with Gasteiger partial charge in [-0.3, -0.25) is 4.40 Å². The molecule has 1 aliphatic rings. The third-order valence-electron chi connectivity index (χ3n) is 4.23. The molecule has 3 heterocycles. The molecule has 0 amide bonds. The van der Waals surface area contributed by atoms with Gasteiger partial charge in [0.25, 0.3) is 0 Å². The molecule has 1 saturated heterocycles. The molecular weight excluding hydrogens is 401 g/mol. The minimum Gasteiger partial charge on any atom is -0.317 e. The van der Waals surface area contributed by atoms with Gasteiger partial charge in [0, 0.05) is 28.0 Å². The maximum absolute atomic E-state index is 13.9. The first-order chi connectivity index (χ1) is 11.7. The van der Waals surface area contributed by atoms with Crippen molar-refractivity contribution in [2.75, 3.05) is 13.1 Å². The molecule has 4 nitrogen and oxygen atoms in total. The van der Waals surface area contributed by atoms with E-state index < -0.39 is 11.6 Å². The first-order valence-corrected chi connectivity index (χ1v) is 8.71. The van der Waals surface area contributed by atoms with Crippen molar-refractivity contribution in [2.45, 2.75) is 28.6 Å². The van der Waals surface area contributed by atoms with E-state index in [1.165, 1.54) is 23.9 Å². The maximum Gasteiger partial charge on any atom is 0.160 e. The second-order valence-electron chi connectivity index (χ2n) is 5.85. The Kier molecular flexibility index (Phi) is 7.23. The number of piperidine rings is 1. The molecule has 1 aromatic carbocycles. The molecule has 0 atom stereocenters. The Hall–Kier alpha value is -1.41. The molecule has 1 fully saturated rings. The maximum atomic E-state index is 13.9. The lowest BCUT2D eigenvalue weighted by Gasteiger charge is -2.21. The van der Waals surface area contributed by atoms with E-state index >= 15 is 0 Å². The largest absolute Gasteiger partial charge is 0.317 e. The van der Waals surface area contributed by atoms with Gasteiger partial charge in [0.1, 0.15) is 17.5 Å². The molecule has 2 aromatic heterocycles. The zero-order valence-corrected chi connectivity index (χ0v) is 16.1. The summed E-state index contributed by atoms with van der Waals surface area (Å²) >= 11 is 1.27. The monoisotopic (exact) mass is 418 g/mol. The Balaban J connectivity index is 0.00000121. The molecule has 140 valence electrons. The number of benzene rings is 1. The van der Waals surface area contributed by atoms with Crippen LogP contribution in [0.3, 0.4) is 0 Å². The van der Waals surface area contributed by atoms with E-state index in [1.54, 1.807) is 0 Å². The van der Waals surface area contributed by atoms with Gasteiger partial charge in [0.05, 0.1) is 0 Å². The fourth-order valence-electron chi connectivity index (χ4n) is 2.99. The van der Waals surface area contributed by atoms with Gasteiger partial charge in [-0.05, 0) is 50.2 Å². The van der Waals surface area contributed by atoms with Crippen LogP contribution in [0.5, 0.6) is 0 Å². The molecule has 9 heteroatoms. The summed E-state index contributed by atoms with van der Waals surface area (Å²) in [5.74, 6) is 0.208. The van der Waals surface area contributed by atoms with Crippen molar-refractivity contribution in [3.8, 4) is 0 Å². The molecule has 3 aromatic rings. The van der Waals surface area contributed by atoms with Crippen LogP contribution in [-0.4, -0.2) is 27.7 Å². The third kappa shape index (κ3) is 4.28. The van der Waals surface area contributed by atoms with Crippen LogP contribution >= 0.6 is 36.6 Å². The highest BCUT2D eigenvalue weighted by Gasteiger charge is 2.20. The summed E-state index contributed by atoms with van der Waals surface area (Å²) in [6, 6.07) is 7.38. The van der Waals surface area contributed by atoms with Crippen molar-refractivity contribution in [1.82, 2.24) is 19.9 Å². The second-order valence-corrected chi connectivity index (χ2v) is 6.97. The van der Waals surface area contributed by atoms with E-state index in [0.29, 0.717) is 10.8 Å². The topological polar surface area (TPSA) is 42.2 Å². The molecule has 4 rings (SSSR count). The molecule has 0 unspecified atom stereocenters. The van der Waals surface area contributed by atoms with Gasteiger partial charge in [-0.25, -0.2) is 8.78 Å². The number of hydrogen-bond donors (Lipinski definition) is 1. The SMILES string of the molecule is Cl.Cl.Fc1ccc(Sc2ccc3nnc(C4CCNCC4)n3c2)c(F)c1. The van der Waals surface area contributed by atoms with Gasteiger partial charge < -0.3 is 5.32 Å². The zero-order valence-electron chi connectivity index (χ0n) is 13.7. The van der Waals surface area contributed by atoms with Crippen molar-refractivity contribution in [2.24, 2.45) is 0 Å². The van der Waals surface area contributed by atoms with Gasteiger partial charge in [-0.15, -0.1) is 35.0 Å². The van der Waals surface area contributed by atoms with Crippen LogP contribution in [0.4, 0.5) is 8.78 Å².